The SMILES string of the molecule is CC1CC(C)(C)CC2(C1)NC(=O)N(CC(=O)Nc1ccccc1Cc1ccccc1)C2=O. The molecule has 2 N–H and O–H groups in total. The minimum atomic E-state index is -0.899. The number of carbonyl (C=O) groups excluding carboxylic acids is 3. The van der Waals surface area contributed by atoms with Crippen LogP contribution in [-0.4, -0.2) is 34.8 Å². The first-order valence-corrected chi connectivity index (χ1v) is 11.2. The van der Waals surface area contributed by atoms with Gasteiger partial charge in [-0.15, -0.1) is 0 Å². The summed E-state index contributed by atoms with van der Waals surface area (Å²) in [5.41, 5.74) is 1.86. The summed E-state index contributed by atoms with van der Waals surface area (Å²) in [6, 6.07) is 17.1. The van der Waals surface area contributed by atoms with Crippen molar-refractivity contribution in [2.75, 3.05) is 11.9 Å². The Hall–Kier alpha value is -3.15. The molecule has 0 radical (unpaired) electrons. The Labute approximate surface area is 189 Å². The highest BCUT2D eigenvalue weighted by atomic mass is 16.2. The van der Waals surface area contributed by atoms with Crippen LogP contribution in [0.1, 0.15) is 51.2 Å². The number of imide groups is 1. The van der Waals surface area contributed by atoms with Gasteiger partial charge in [0.2, 0.25) is 5.91 Å². The van der Waals surface area contributed by atoms with Gasteiger partial charge in [-0.25, -0.2) is 4.79 Å². The van der Waals surface area contributed by atoms with E-state index in [2.05, 4.69) is 31.4 Å². The number of carbonyl (C=O) groups is 3. The van der Waals surface area contributed by atoms with Crippen LogP contribution in [0, 0.1) is 11.3 Å². The van der Waals surface area contributed by atoms with E-state index in [4.69, 9.17) is 0 Å². The van der Waals surface area contributed by atoms with Gasteiger partial charge in [-0.3, -0.25) is 14.5 Å². The highest BCUT2D eigenvalue weighted by Gasteiger charge is 2.56. The number of rotatable bonds is 5. The van der Waals surface area contributed by atoms with Crippen molar-refractivity contribution in [3.8, 4) is 0 Å². The summed E-state index contributed by atoms with van der Waals surface area (Å²) in [5.74, 6) is -0.342. The molecular formula is C26H31N3O3. The van der Waals surface area contributed by atoms with E-state index >= 15 is 0 Å². The molecule has 2 fully saturated rings. The van der Waals surface area contributed by atoms with Crippen LogP contribution in [0.4, 0.5) is 10.5 Å². The van der Waals surface area contributed by atoms with Crippen molar-refractivity contribution in [1.82, 2.24) is 10.2 Å². The molecule has 168 valence electrons. The second kappa shape index (κ2) is 8.41. The summed E-state index contributed by atoms with van der Waals surface area (Å²) in [4.78, 5) is 39.9. The van der Waals surface area contributed by atoms with Gasteiger partial charge in [0.1, 0.15) is 12.1 Å². The molecule has 6 nitrogen and oxygen atoms in total. The van der Waals surface area contributed by atoms with E-state index in [9.17, 15) is 14.4 Å². The summed E-state index contributed by atoms with van der Waals surface area (Å²) in [7, 11) is 0. The van der Waals surface area contributed by atoms with Gasteiger partial charge in [0.25, 0.3) is 5.91 Å². The summed E-state index contributed by atoms with van der Waals surface area (Å²) >= 11 is 0. The zero-order valence-corrected chi connectivity index (χ0v) is 19.0. The van der Waals surface area contributed by atoms with Gasteiger partial charge >= 0.3 is 6.03 Å². The molecular weight excluding hydrogens is 402 g/mol. The molecule has 2 aliphatic rings. The molecule has 4 rings (SSSR count). The molecule has 4 amide bonds. The second-order valence-corrected chi connectivity index (χ2v) is 10.1. The van der Waals surface area contributed by atoms with Gasteiger partial charge in [0, 0.05) is 5.69 Å². The van der Waals surface area contributed by atoms with Crippen LogP contribution in [0.2, 0.25) is 0 Å². The number of nitrogens with zero attached hydrogens (tertiary/aromatic N) is 1. The van der Waals surface area contributed by atoms with Crippen LogP contribution in [0.25, 0.3) is 0 Å². The predicted molar refractivity (Wildman–Crippen MR) is 124 cm³/mol. The zero-order chi connectivity index (χ0) is 22.9. The molecule has 0 bridgehead atoms. The lowest BCUT2D eigenvalue weighted by Gasteiger charge is -2.43. The normalized spacial score (nSPS) is 24.5. The summed E-state index contributed by atoms with van der Waals surface area (Å²) in [6.45, 7) is 6.08. The lowest BCUT2D eigenvalue weighted by molar-refractivity contribution is -0.136. The molecule has 2 unspecified atom stereocenters. The molecule has 0 aromatic heterocycles. The van der Waals surface area contributed by atoms with E-state index in [0.717, 1.165) is 22.4 Å². The largest absolute Gasteiger partial charge is 0.325 e. The average molecular weight is 434 g/mol. The molecule has 2 aromatic carbocycles. The molecule has 1 saturated heterocycles. The first-order chi connectivity index (χ1) is 15.2. The van der Waals surface area contributed by atoms with E-state index in [0.29, 0.717) is 30.9 Å². The van der Waals surface area contributed by atoms with Crippen molar-refractivity contribution >= 4 is 23.5 Å². The zero-order valence-electron chi connectivity index (χ0n) is 19.0. The monoisotopic (exact) mass is 433 g/mol. The number of urea groups is 1. The van der Waals surface area contributed by atoms with Crippen LogP contribution in [0.3, 0.4) is 0 Å². The van der Waals surface area contributed by atoms with E-state index in [-0.39, 0.29) is 23.8 Å². The van der Waals surface area contributed by atoms with Crippen molar-refractivity contribution in [2.24, 2.45) is 11.3 Å². The van der Waals surface area contributed by atoms with E-state index < -0.39 is 11.6 Å². The smallest absolute Gasteiger partial charge is 0.324 e. The Morgan fingerprint density at radius 3 is 2.47 bits per heavy atom. The quantitative estimate of drug-likeness (QED) is 0.688. The van der Waals surface area contributed by atoms with Crippen LogP contribution in [0.5, 0.6) is 0 Å². The minimum Gasteiger partial charge on any atom is -0.324 e. The highest BCUT2D eigenvalue weighted by Crippen LogP contribution is 2.46. The predicted octanol–water partition coefficient (Wildman–Crippen LogP) is 4.35. The van der Waals surface area contributed by atoms with Crippen LogP contribution in [-0.2, 0) is 16.0 Å². The number of hydrogen-bond donors (Lipinski definition) is 2. The van der Waals surface area contributed by atoms with Crippen molar-refractivity contribution in [2.45, 2.75) is 52.0 Å². The number of nitrogens with one attached hydrogen (secondary N) is 2. The summed E-state index contributed by atoms with van der Waals surface area (Å²) in [6.07, 6.45) is 2.89. The number of anilines is 1. The van der Waals surface area contributed by atoms with Crippen LogP contribution < -0.4 is 10.6 Å². The Balaban J connectivity index is 1.46. The third kappa shape index (κ3) is 4.54. The maximum atomic E-state index is 13.3. The second-order valence-electron chi connectivity index (χ2n) is 10.1. The van der Waals surface area contributed by atoms with Crippen molar-refractivity contribution in [1.29, 1.82) is 0 Å². The first-order valence-electron chi connectivity index (χ1n) is 11.2. The average Bonchev–Trinajstić information content (AvgIpc) is 2.92. The lowest BCUT2D eigenvalue weighted by atomic mass is 9.64. The minimum absolute atomic E-state index is 0.0464. The molecule has 6 heteroatoms. The fourth-order valence-corrected chi connectivity index (χ4v) is 5.60. The van der Waals surface area contributed by atoms with Crippen molar-refractivity contribution in [3.63, 3.8) is 0 Å². The first kappa shape index (κ1) is 22.1. The topological polar surface area (TPSA) is 78.5 Å². The fraction of sp³-hybridized carbons (Fsp3) is 0.423. The standard InChI is InChI=1S/C26H31N3O3/c1-18-14-25(2,3)17-26(15-18)23(31)29(24(32)28-26)16-22(30)27-21-12-8-7-11-20(21)13-19-9-5-4-6-10-19/h4-12,18H,13-17H2,1-3H3,(H,27,30)(H,28,32). The molecule has 2 aromatic rings. The maximum absolute atomic E-state index is 13.3. The Morgan fingerprint density at radius 2 is 1.75 bits per heavy atom. The van der Waals surface area contributed by atoms with E-state index in [1.807, 2.05) is 54.6 Å². The third-order valence-electron chi connectivity index (χ3n) is 6.45. The summed E-state index contributed by atoms with van der Waals surface area (Å²) < 4.78 is 0. The number of benzene rings is 2. The molecule has 1 aliphatic heterocycles. The highest BCUT2D eigenvalue weighted by molar-refractivity contribution is 6.10. The van der Waals surface area contributed by atoms with Crippen molar-refractivity contribution < 1.29 is 14.4 Å². The van der Waals surface area contributed by atoms with Gasteiger partial charge in [0.15, 0.2) is 0 Å². The van der Waals surface area contributed by atoms with Crippen LogP contribution >= 0.6 is 0 Å². The molecule has 1 saturated carbocycles. The van der Waals surface area contributed by atoms with Gasteiger partial charge in [-0.1, -0.05) is 69.3 Å². The Bertz CT molecular complexity index is 1030. The fourth-order valence-electron chi connectivity index (χ4n) is 5.60. The molecule has 1 spiro atoms. The Morgan fingerprint density at radius 1 is 1.06 bits per heavy atom. The van der Waals surface area contributed by atoms with Gasteiger partial charge in [0.05, 0.1) is 0 Å². The van der Waals surface area contributed by atoms with Gasteiger partial charge < -0.3 is 10.6 Å². The number of para-hydroxylation sites is 1. The maximum Gasteiger partial charge on any atom is 0.325 e. The summed E-state index contributed by atoms with van der Waals surface area (Å²) in [5, 5.41) is 5.83. The molecule has 32 heavy (non-hydrogen) atoms. The number of hydrogen-bond acceptors (Lipinski definition) is 3. The van der Waals surface area contributed by atoms with Crippen molar-refractivity contribution in [3.05, 3.63) is 65.7 Å². The third-order valence-corrected chi connectivity index (χ3v) is 6.45. The molecule has 2 atom stereocenters. The lowest BCUT2D eigenvalue weighted by Crippen LogP contribution is -2.54. The van der Waals surface area contributed by atoms with Crippen LogP contribution in [0.15, 0.2) is 54.6 Å². The number of amides is 4. The van der Waals surface area contributed by atoms with E-state index in [1.54, 1.807) is 0 Å². The molecule has 1 heterocycles. The van der Waals surface area contributed by atoms with E-state index in [1.165, 1.54) is 0 Å². The molecule has 1 aliphatic carbocycles. The Kier molecular flexibility index (Phi) is 5.80. The van der Waals surface area contributed by atoms with Gasteiger partial charge in [-0.2, -0.15) is 0 Å². The van der Waals surface area contributed by atoms with Gasteiger partial charge in [-0.05, 0) is 54.2 Å².